The fraction of sp³-hybridized carbons (Fsp3) is 1.00. The van der Waals surface area contributed by atoms with Crippen LogP contribution in [-0.4, -0.2) is 58.2 Å². The first-order valence-corrected chi connectivity index (χ1v) is 7.68. The molecule has 2 heterocycles. The highest BCUT2D eigenvalue weighted by atomic mass is 32.2. The third-order valence-corrected chi connectivity index (χ3v) is 4.85. The lowest BCUT2D eigenvalue weighted by Crippen LogP contribution is -2.51. The van der Waals surface area contributed by atoms with Crippen LogP contribution in [0.4, 0.5) is 0 Å². The Morgan fingerprint density at radius 2 is 2.00 bits per heavy atom. The van der Waals surface area contributed by atoms with E-state index in [0.29, 0.717) is 26.3 Å². The molecule has 0 spiro atoms. The molecule has 17 heavy (non-hydrogen) atoms. The van der Waals surface area contributed by atoms with Gasteiger partial charge in [0.05, 0.1) is 13.2 Å². The zero-order valence-corrected chi connectivity index (χ0v) is 10.8. The van der Waals surface area contributed by atoms with Crippen molar-refractivity contribution in [1.82, 2.24) is 14.3 Å². The van der Waals surface area contributed by atoms with E-state index in [-0.39, 0.29) is 6.04 Å². The van der Waals surface area contributed by atoms with Gasteiger partial charge in [0.15, 0.2) is 0 Å². The van der Waals surface area contributed by atoms with Crippen LogP contribution in [0.15, 0.2) is 0 Å². The van der Waals surface area contributed by atoms with E-state index in [4.69, 9.17) is 4.74 Å². The number of ether oxygens (including phenoxy) is 1. The molecule has 2 aliphatic heterocycles. The molecule has 0 aromatic rings. The van der Waals surface area contributed by atoms with Crippen molar-refractivity contribution in [1.29, 1.82) is 0 Å². The highest BCUT2D eigenvalue weighted by Crippen LogP contribution is 2.08. The lowest BCUT2D eigenvalue weighted by Gasteiger charge is -2.28. The molecule has 0 saturated carbocycles. The Kier molecular flexibility index (Phi) is 4.75. The summed E-state index contributed by atoms with van der Waals surface area (Å²) in [5.74, 6) is 0. The van der Waals surface area contributed by atoms with E-state index in [1.165, 1.54) is 4.31 Å². The third kappa shape index (κ3) is 3.89. The van der Waals surface area contributed by atoms with Gasteiger partial charge in [0.2, 0.25) is 0 Å². The molecule has 2 rings (SSSR count). The van der Waals surface area contributed by atoms with Gasteiger partial charge in [-0.25, -0.2) is 0 Å². The summed E-state index contributed by atoms with van der Waals surface area (Å²) in [6, 6.07) is 0.0188. The maximum atomic E-state index is 12.1. The Bertz CT molecular complexity index is 320. The summed E-state index contributed by atoms with van der Waals surface area (Å²) < 4.78 is 33.6. The Hall–Kier alpha value is -0.210. The molecule has 100 valence electrons. The fourth-order valence-corrected chi connectivity index (χ4v) is 3.59. The molecule has 0 aliphatic carbocycles. The summed E-state index contributed by atoms with van der Waals surface area (Å²) in [5.41, 5.74) is 0. The van der Waals surface area contributed by atoms with Crippen LogP contribution in [0.3, 0.4) is 0 Å². The molecule has 2 fully saturated rings. The second kappa shape index (κ2) is 6.10. The van der Waals surface area contributed by atoms with E-state index in [2.05, 4.69) is 10.0 Å². The van der Waals surface area contributed by atoms with E-state index >= 15 is 0 Å². The highest BCUT2D eigenvalue weighted by Gasteiger charge is 2.27. The van der Waals surface area contributed by atoms with Crippen molar-refractivity contribution in [2.45, 2.75) is 25.3 Å². The number of nitrogens with zero attached hydrogens (tertiary/aromatic N) is 1. The molecule has 6 nitrogen and oxygen atoms in total. The normalized spacial score (nSPS) is 28.8. The Labute approximate surface area is 103 Å². The van der Waals surface area contributed by atoms with Gasteiger partial charge in [0.1, 0.15) is 0 Å². The van der Waals surface area contributed by atoms with Crippen LogP contribution < -0.4 is 10.0 Å². The summed E-state index contributed by atoms with van der Waals surface area (Å²) in [7, 11) is -3.34. The monoisotopic (exact) mass is 263 g/mol. The first-order valence-electron chi connectivity index (χ1n) is 6.24. The number of rotatable bonds is 3. The van der Waals surface area contributed by atoms with Crippen molar-refractivity contribution >= 4 is 10.2 Å². The maximum Gasteiger partial charge on any atom is 0.279 e. The number of nitrogens with one attached hydrogen (secondary N) is 2. The van der Waals surface area contributed by atoms with Gasteiger partial charge in [-0.1, -0.05) is 6.42 Å². The van der Waals surface area contributed by atoms with Crippen molar-refractivity contribution in [3.63, 3.8) is 0 Å². The van der Waals surface area contributed by atoms with Crippen molar-refractivity contribution in [3.05, 3.63) is 0 Å². The molecule has 0 radical (unpaired) electrons. The third-order valence-electron chi connectivity index (χ3n) is 3.17. The fourth-order valence-electron chi connectivity index (χ4n) is 2.19. The van der Waals surface area contributed by atoms with Gasteiger partial charge in [0, 0.05) is 25.7 Å². The van der Waals surface area contributed by atoms with Crippen molar-refractivity contribution in [2.75, 3.05) is 39.4 Å². The van der Waals surface area contributed by atoms with Crippen LogP contribution >= 0.6 is 0 Å². The van der Waals surface area contributed by atoms with Crippen LogP contribution in [0.1, 0.15) is 19.3 Å². The van der Waals surface area contributed by atoms with Crippen molar-refractivity contribution in [2.24, 2.45) is 0 Å². The van der Waals surface area contributed by atoms with Gasteiger partial charge in [0.25, 0.3) is 10.2 Å². The second-order valence-corrected chi connectivity index (χ2v) is 6.23. The Balaban J connectivity index is 1.90. The van der Waals surface area contributed by atoms with Crippen molar-refractivity contribution < 1.29 is 13.2 Å². The van der Waals surface area contributed by atoms with E-state index in [0.717, 1.165) is 32.4 Å². The lowest BCUT2D eigenvalue weighted by molar-refractivity contribution is 0.0723. The molecule has 2 saturated heterocycles. The average molecular weight is 263 g/mol. The van der Waals surface area contributed by atoms with Crippen LogP contribution in [0.25, 0.3) is 0 Å². The largest absolute Gasteiger partial charge is 0.379 e. The van der Waals surface area contributed by atoms with Crippen LogP contribution in [0.2, 0.25) is 0 Å². The van der Waals surface area contributed by atoms with E-state index in [1.807, 2.05) is 0 Å². The summed E-state index contributed by atoms with van der Waals surface area (Å²) in [4.78, 5) is 0. The van der Waals surface area contributed by atoms with E-state index < -0.39 is 10.2 Å². The summed E-state index contributed by atoms with van der Waals surface area (Å²) >= 11 is 0. The zero-order valence-electron chi connectivity index (χ0n) is 10.0. The summed E-state index contributed by atoms with van der Waals surface area (Å²) in [6.07, 6.45) is 3.11. The molecular weight excluding hydrogens is 242 g/mol. The van der Waals surface area contributed by atoms with E-state index in [9.17, 15) is 8.42 Å². The molecule has 0 aromatic heterocycles. The predicted octanol–water partition coefficient (Wildman–Crippen LogP) is -0.705. The maximum absolute atomic E-state index is 12.1. The minimum Gasteiger partial charge on any atom is -0.379 e. The van der Waals surface area contributed by atoms with Crippen molar-refractivity contribution in [3.8, 4) is 0 Å². The lowest BCUT2D eigenvalue weighted by atomic mass is 10.2. The molecule has 7 heteroatoms. The first kappa shape index (κ1) is 13.2. The molecule has 1 unspecified atom stereocenters. The van der Waals surface area contributed by atoms with Crippen LogP contribution in [-0.2, 0) is 14.9 Å². The number of hydrogen-bond donors (Lipinski definition) is 2. The number of hydrogen-bond acceptors (Lipinski definition) is 4. The van der Waals surface area contributed by atoms with Gasteiger partial charge in [-0.3, -0.25) is 0 Å². The van der Waals surface area contributed by atoms with Gasteiger partial charge >= 0.3 is 0 Å². The number of morpholine rings is 1. The van der Waals surface area contributed by atoms with Crippen LogP contribution in [0.5, 0.6) is 0 Å². The smallest absolute Gasteiger partial charge is 0.279 e. The SMILES string of the molecule is O=S(=O)(NC1CCCCNC1)N1CCOCC1. The predicted molar refractivity (Wildman–Crippen MR) is 65.0 cm³/mol. The average Bonchev–Trinajstić information content (AvgIpc) is 2.58. The summed E-state index contributed by atoms with van der Waals surface area (Å²) in [5, 5.41) is 3.25. The topological polar surface area (TPSA) is 70.7 Å². The molecule has 0 bridgehead atoms. The molecular formula is C10H21N3O3S. The Morgan fingerprint density at radius 1 is 1.24 bits per heavy atom. The molecule has 1 atom stereocenters. The second-order valence-electron chi connectivity index (χ2n) is 4.53. The standard InChI is InChI=1S/C10H21N3O3S/c14-17(15,13-5-7-16-8-6-13)12-10-3-1-2-4-11-9-10/h10-12H,1-9H2. The van der Waals surface area contributed by atoms with E-state index in [1.54, 1.807) is 0 Å². The van der Waals surface area contributed by atoms with Crippen LogP contribution in [0, 0.1) is 0 Å². The zero-order chi connectivity index (χ0) is 12.1. The first-order chi connectivity index (χ1) is 8.18. The minimum atomic E-state index is -3.34. The molecule has 2 N–H and O–H groups in total. The minimum absolute atomic E-state index is 0.0188. The molecule has 0 aromatic carbocycles. The highest BCUT2D eigenvalue weighted by molar-refractivity contribution is 7.87. The van der Waals surface area contributed by atoms with Gasteiger partial charge in [-0.2, -0.15) is 17.4 Å². The van der Waals surface area contributed by atoms with Gasteiger partial charge in [-0.15, -0.1) is 0 Å². The van der Waals surface area contributed by atoms with Gasteiger partial charge < -0.3 is 10.1 Å². The molecule has 0 amide bonds. The summed E-state index contributed by atoms with van der Waals surface area (Å²) in [6.45, 7) is 3.60. The van der Waals surface area contributed by atoms with Gasteiger partial charge in [-0.05, 0) is 19.4 Å². The molecule has 2 aliphatic rings. The Morgan fingerprint density at radius 3 is 2.76 bits per heavy atom. The quantitative estimate of drug-likeness (QED) is 0.706.